The number of rotatable bonds is 32. The highest BCUT2D eigenvalue weighted by molar-refractivity contribution is 5.76. The van der Waals surface area contributed by atoms with Crippen LogP contribution in [0.1, 0.15) is 187 Å². The van der Waals surface area contributed by atoms with Crippen molar-refractivity contribution >= 4 is 5.91 Å². The minimum atomic E-state index is -1.13. The van der Waals surface area contributed by atoms with Crippen molar-refractivity contribution in [2.45, 2.75) is 205 Å². The number of amides is 1. The molecule has 0 aromatic rings. The molecule has 5 nitrogen and oxygen atoms in total. The highest BCUT2D eigenvalue weighted by Gasteiger charge is 2.26. The van der Waals surface area contributed by atoms with Crippen molar-refractivity contribution < 1.29 is 20.1 Å². The van der Waals surface area contributed by atoms with Crippen LogP contribution in [0.5, 0.6) is 0 Å². The Kier molecular flexibility index (Phi) is 31.3. The third-order valence-corrected chi connectivity index (χ3v) is 8.37. The molecule has 0 saturated carbocycles. The lowest BCUT2D eigenvalue weighted by atomic mass is 9.99. The Morgan fingerprint density at radius 3 is 1.44 bits per heavy atom. The molecule has 244 valence electrons. The Labute approximate surface area is 255 Å². The van der Waals surface area contributed by atoms with Gasteiger partial charge in [-0.3, -0.25) is 4.79 Å². The molecule has 0 radical (unpaired) electrons. The van der Waals surface area contributed by atoms with Gasteiger partial charge >= 0.3 is 0 Å². The van der Waals surface area contributed by atoms with E-state index in [1.165, 1.54) is 122 Å². The second-order valence-electron chi connectivity index (χ2n) is 12.4. The number of aliphatic hydroxyl groups is 3. The van der Waals surface area contributed by atoms with Crippen LogP contribution in [0.15, 0.2) is 12.2 Å². The quantitative estimate of drug-likeness (QED) is 0.0471. The molecule has 5 heteroatoms. The van der Waals surface area contributed by atoms with E-state index >= 15 is 0 Å². The molecule has 3 atom stereocenters. The molecule has 0 spiro atoms. The first-order chi connectivity index (χ1) is 20.1. The maximum absolute atomic E-state index is 12.3. The van der Waals surface area contributed by atoms with E-state index in [0.717, 1.165) is 38.5 Å². The standard InChI is InChI=1S/C36H71NO4/c1-3-5-7-9-11-13-15-17-18-19-21-23-25-27-29-31-35(40)37-33(32-38)36(41)34(39)30-28-26-24-22-20-16-14-12-10-8-6-4-2/h13,15,33-34,36,38-39,41H,3-12,14,16-32H2,1-2H3,(H,37,40)/b15-13-. The first-order valence-corrected chi connectivity index (χ1v) is 18.0. The van der Waals surface area contributed by atoms with Crippen LogP contribution in [0.2, 0.25) is 0 Å². The Balaban J connectivity index is 3.70. The van der Waals surface area contributed by atoms with Gasteiger partial charge in [-0.05, 0) is 38.5 Å². The molecular weight excluding hydrogens is 510 g/mol. The summed E-state index contributed by atoms with van der Waals surface area (Å²) in [6.07, 6.45) is 34.4. The van der Waals surface area contributed by atoms with E-state index in [0.29, 0.717) is 12.8 Å². The van der Waals surface area contributed by atoms with Gasteiger partial charge in [0.05, 0.1) is 18.8 Å². The summed E-state index contributed by atoms with van der Waals surface area (Å²) in [5, 5.41) is 33.3. The Bertz CT molecular complexity index is 568. The van der Waals surface area contributed by atoms with E-state index in [1.54, 1.807) is 0 Å². The van der Waals surface area contributed by atoms with Crippen LogP contribution in [0.3, 0.4) is 0 Å². The van der Waals surface area contributed by atoms with Gasteiger partial charge in [-0.15, -0.1) is 0 Å². The number of allylic oxidation sites excluding steroid dienone is 2. The van der Waals surface area contributed by atoms with E-state index < -0.39 is 18.2 Å². The summed E-state index contributed by atoms with van der Waals surface area (Å²) < 4.78 is 0. The number of aliphatic hydroxyl groups excluding tert-OH is 3. The fourth-order valence-electron chi connectivity index (χ4n) is 5.51. The monoisotopic (exact) mass is 582 g/mol. The zero-order valence-electron chi connectivity index (χ0n) is 27.4. The van der Waals surface area contributed by atoms with Gasteiger partial charge in [-0.1, -0.05) is 154 Å². The van der Waals surface area contributed by atoms with E-state index in [-0.39, 0.29) is 12.5 Å². The number of hydrogen-bond donors (Lipinski definition) is 4. The smallest absolute Gasteiger partial charge is 0.220 e. The molecule has 0 aliphatic carbocycles. The van der Waals surface area contributed by atoms with Crippen LogP contribution in [0, 0.1) is 0 Å². The molecule has 0 aliphatic heterocycles. The molecule has 3 unspecified atom stereocenters. The summed E-state index contributed by atoms with van der Waals surface area (Å²) in [5.41, 5.74) is 0. The summed E-state index contributed by atoms with van der Waals surface area (Å²) in [7, 11) is 0. The zero-order valence-corrected chi connectivity index (χ0v) is 27.4. The first-order valence-electron chi connectivity index (χ1n) is 18.0. The normalized spacial score (nSPS) is 14.0. The van der Waals surface area contributed by atoms with Gasteiger partial charge in [-0.2, -0.15) is 0 Å². The molecule has 0 heterocycles. The molecule has 4 N–H and O–H groups in total. The molecule has 41 heavy (non-hydrogen) atoms. The van der Waals surface area contributed by atoms with E-state index in [1.807, 2.05) is 0 Å². The van der Waals surface area contributed by atoms with Crippen molar-refractivity contribution in [1.82, 2.24) is 5.32 Å². The average molecular weight is 582 g/mol. The van der Waals surface area contributed by atoms with Crippen LogP contribution in [0.25, 0.3) is 0 Å². The van der Waals surface area contributed by atoms with Crippen molar-refractivity contribution in [3.63, 3.8) is 0 Å². The van der Waals surface area contributed by atoms with Crippen molar-refractivity contribution in [2.24, 2.45) is 0 Å². The summed E-state index contributed by atoms with van der Waals surface area (Å²) in [6.45, 7) is 4.14. The van der Waals surface area contributed by atoms with Gasteiger partial charge in [0, 0.05) is 6.42 Å². The third kappa shape index (κ3) is 27.7. The van der Waals surface area contributed by atoms with Crippen molar-refractivity contribution in [2.75, 3.05) is 6.61 Å². The first kappa shape index (κ1) is 40.1. The van der Waals surface area contributed by atoms with Gasteiger partial charge in [0.15, 0.2) is 0 Å². The van der Waals surface area contributed by atoms with Gasteiger partial charge in [0.2, 0.25) is 5.91 Å². The van der Waals surface area contributed by atoms with Crippen LogP contribution in [-0.4, -0.2) is 46.1 Å². The van der Waals surface area contributed by atoms with Gasteiger partial charge in [-0.25, -0.2) is 0 Å². The van der Waals surface area contributed by atoms with Crippen molar-refractivity contribution in [3.8, 4) is 0 Å². The second-order valence-corrected chi connectivity index (χ2v) is 12.4. The predicted octanol–water partition coefficient (Wildman–Crippen LogP) is 9.31. The van der Waals surface area contributed by atoms with Crippen molar-refractivity contribution in [3.05, 3.63) is 12.2 Å². The van der Waals surface area contributed by atoms with Crippen LogP contribution in [0.4, 0.5) is 0 Å². The lowest BCUT2D eigenvalue weighted by molar-refractivity contribution is -0.124. The number of hydrogen-bond acceptors (Lipinski definition) is 4. The minimum absolute atomic E-state index is 0.151. The summed E-state index contributed by atoms with van der Waals surface area (Å²) in [4.78, 5) is 12.3. The predicted molar refractivity (Wildman–Crippen MR) is 176 cm³/mol. The molecule has 1 amide bonds. The van der Waals surface area contributed by atoms with Gasteiger partial charge in [0.25, 0.3) is 0 Å². The molecule has 0 aliphatic rings. The Hall–Kier alpha value is -0.910. The molecular formula is C36H71NO4. The topological polar surface area (TPSA) is 89.8 Å². The molecule has 0 aromatic carbocycles. The maximum atomic E-state index is 12.3. The molecule has 0 bridgehead atoms. The van der Waals surface area contributed by atoms with Crippen molar-refractivity contribution in [1.29, 1.82) is 0 Å². The third-order valence-electron chi connectivity index (χ3n) is 8.37. The summed E-state index contributed by atoms with van der Waals surface area (Å²) >= 11 is 0. The van der Waals surface area contributed by atoms with Gasteiger partial charge < -0.3 is 20.6 Å². The molecule has 0 aromatic heterocycles. The lowest BCUT2D eigenvalue weighted by Crippen LogP contribution is -2.50. The van der Waals surface area contributed by atoms with E-state index in [2.05, 4.69) is 31.3 Å². The molecule has 0 fully saturated rings. The number of unbranched alkanes of at least 4 members (excludes halogenated alkanes) is 22. The van der Waals surface area contributed by atoms with Crippen LogP contribution >= 0.6 is 0 Å². The van der Waals surface area contributed by atoms with Gasteiger partial charge in [0.1, 0.15) is 6.10 Å². The second kappa shape index (κ2) is 32.0. The Morgan fingerprint density at radius 1 is 0.585 bits per heavy atom. The largest absolute Gasteiger partial charge is 0.394 e. The maximum Gasteiger partial charge on any atom is 0.220 e. The minimum Gasteiger partial charge on any atom is -0.394 e. The zero-order chi connectivity index (χ0) is 30.2. The number of carbonyl (C=O) groups is 1. The average Bonchev–Trinajstić information content (AvgIpc) is 2.97. The fraction of sp³-hybridized carbons (Fsp3) is 0.917. The van der Waals surface area contributed by atoms with E-state index in [4.69, 9.17) is 0 Å². The summed E-state index contributed by atoms with van der Waals surface area (Å²) in [5.74, 6) is -0.151. The number of nitrogens with one attached hydrogen (secondary N) is 1. The van der Waals surface area contributed by atoms with E-state index in [9.17, 15) is 20.1 Å². The highest BCUT2D eigenvalue weighted by atomic mass is 16.3. The SMILES string of the molecule is CCCCCC/C=C\CCCCCCCCCC(=O)NC(CO)C(O)C(O)CCCCCCCCCCCCCC. The molecule has 0 rings (SSSR count). The molecule has 0 saturated heterocycles. The van der Waals surface area contributed by atoms with Crippen LogP contribution in [-0.2, 0) is 4.79 Å². The highest BCUT2D eigenvalue weighted by Crippen LogP contribution is 2.15. The van der Waals surface area contributed by atoms with Crippen LogP contribution < -0.4 is 5.32 Å². The fourth-order valence-corrected chi connectivity index (χ4v) is 5.51. The number of carbonyl (C=O) groups excluding carboxylic acids is 1. The summed E-state index contributed by atoms with van der Waals surface area (Å²) in [6, 6.07) is -0.805. The lowest BCUT2D eigenvalue weighted by Gasteiger charge is -2.26. The Morgan fingerprint density at radius 2 is 0.976 bits per heavy atom.